The molecule has 1 atom stereocenters. The summed E-state index contributed by atoms with van der Waals surface area (Å²) in [6.45, 7) is 3.21. The largest absolute Gasteiger partial charge is 0.385 e. The highest BCUT2D eigenvalue weighted by Gasteiger charge is 2.02. The van der Waals surface area contributed by atoms with Gasteiger partial charge in [0, 0.05) is 0 Å². The second-order valence-electron chi connectivity index (χ2n) is 2.66. The van der Waals surface area contributed by atoms with E-state index in [4.69, 9.17) is 5.11 Å². The van der Waals surface area contributed by atoms with Gasteiger partial charge in [-0.2, -0.15) is 0 Å². The second-order valence-corrected chi connectivity index (χ2v) is 2.66. The van der Waals surface area contributed by atoms with Crippen molar-refractivity contribution in [3.8, 4) is 0 Å². The van der Waals surface area contributed by atoms with Crippen LogP contribution in [-0.2, 0) is 4.79 Å². The van der Waals surface area contributed by atoms with Gasteiger partial charge in [0.25, 0.3) is 0 Å². The van der Waals surface area contributed by atoms with Gasteiger partial charge in [-0.25, -0.2) is 0 Å². The summed E-state index contributed by atoms with van der Waals surface area (Å²) in [5.41, 5.74) is 0.927. The lowest BCUT2D eigenvalue weighted by Crippen LogP contribution is -2.12. The van der Waals surface area contributed by atoms with E-state index in [0.29, 0.717) is 0 Å². The predicted octanol–water partition coefficient (Wildman–Crippen LogP) is 1.46. The van der Waals surface area contributed by atoms with Crippen LogP contribution >= 0.6 is 0 Å². The molecule has 0 amide bonds. The van der Waals surface area contributed by atoms with Crippen molar-refractivity contribution in [2.75, 3.05) is 0 Å². The Kier molecular flexibility index (Phi) is 3.41. The highest BCUT2D eigenvalue weighted by molar-refractivity contribution is 5.97. The molecule has 67 valence electrons. The van der Waals surface area contributed by atoms with E-state index in [1.54, 1.807) is 6.08 Å². The number of carbonyl (C=O) groups is 1. The Hall–Kier alpha value is -1.41. The first-order valence-electron chi connectivity index (χ1n) is 3.98. The zero-order valence-electron chi connectivity index (χ0n) is 7.18. The van der Waals surface area contributed by atoms with Gasteiger partial charge >= 0.3 is 0 Å². The molecule has 0 aromatic heterocycles. The summed E-state index contributed by atoms with van der Waals surface area (Å²) in [5, 5.41) is 8.79. The minimum Gasteiger partial charge on any atom is -0.385 e. The van der Waals surface area contributed by atoms with Crippen molar-refractivity contribution in [2.24, 2.45) is 0 Å². The average Bonchev–Trinajstić information content (AvgIpc) is 2.15. The van der Waals surface area contributed by atoms with E-state index in [2.05, 4.69) is 6.92 Å². The Labute approximate surface area is 77.5 Å². The maximum atomic E-state index is 10.9. The molecule has 0 saturated carbocycles. The smallest absolute Gasteiger partial charge is 0.184 e. The van der Waals surface area contributed by atoms with Crippen LogP contribution in [0.5, 0.6) is 0 Å². The van der Waals surface area contributed by atoms with E-state index in [-0.39, 0.29) is 5.78 Å². The molecule has 0 fully saturated rings. The van der Waals surface area contributed by atoms with E-state index >= 15 is 0 Å². The first-order valence-corrected chi connectivity index (χ1v) is 3.98. The van der Waals surface area contributed by atoms with E-state index in [0.717, 1.165) is 5.56 Å². The molecular weight excluding hydrogens is 164 g/mol. The minimum absolute atomic E-state index is 0.385. The van der Waals surface area contributed by atoms with E-state index in [1.165, 1.54) is 6.08 Å². The Morgan fingerprint density at radius 2 is 2.00 bits per heavy atom. The molecule has 0 bridgehead atoms. The van der Waals surface area contributed by atoms with Gasteiger partial charge in [-0.3, -0.25) is 4.79 Å². The average molecular weight is 175 g/mol. The molecule has 1 N–H and O–H groups in total. The molecule has 13 heavy (non-hydrogen) atoms. The van der Waals surface area contributed by atoms with Crippen LogP contribution in [0.25, 0.3) is 6.08 Å². The molecule has 0 spiro atoms. The number of rotatable bonds is 3. The maximum Gasteiger partial charge on any atom is 0.184 e. The van der Waals surface area contributed by atoms with Crippen LogP contribution in [0.4, 0.5) is 0 Å². The summed E-state index contributed by atoms with van der Waals surface area (Å²) in [4.78, 5) is 10.9. The molecule has 2 nitrogen and oxygen atoms in total. The van der Waals surface area contributed by atoms with Crippen LogP contribution in [0.15, 0.2) is 36.4 Å². The zero-order chi connectivity index (χ0) is 9.68. The molecule has 1 rings (SSSR count). The van der Waals surface area contributed by atoms with E-state index < -0.39 is 6.10 Å². The van der Waals surface area contributed by atoms with Gasteiger partial charge in [-0.15, -0.1) is 0 Å². The number of hydrogen-bond acceptors (Lipinski definition) is 2. The lowest BCUT2D eigenvalue weighted by molar-refractivity contribution is -0.120. The van der Waals surface area contributed by atoms with Crippen molar-refractivity contribution in [1.82, 2.24) is 0 Å². The third-order valence-electron chi connectivity index (χ3n) is 1.57. The van der Waals surface area contributed by atoms with Crippen molar-refractivity contribution in [1.29, 1.82) is 0 Å². The summed E-state index contributed by atoms with van der Waals surface area (Å²) in [7, 11) is 0. The summed E-state index contributed by atoms with van der Waals surface area (Å²) in [6, 6.07) is 9.41. The Bertz CT molecular complexity index is 299. The monoisotopic (exact) mass is 175 g/mol. The number of ketones is 1. The summed E-state index contributed by atoms with van der Waals surface area (Å²) in [6.07, 6.45) is 1.81. The fourth-order valence-corrected chi connectivity index (χ4v) is 0.854. The van der Waals surface area contributed by atoms with Gasteiger partial charge in [0.15, 0.2) is 5.78 Å². The summed E-state index contributed by atoms with van der Waals surface area (Å²) < 4.78 is 0. The normalized spacial score (nSPS) is 13.1. The zero-order valence-corrected chi connectivity index (χ0v) is 7.18. The van der Waals surface area contributed by atoms with Gasteiger partial charge in [0.2, 0.25) is 0 Å². The van der Waals surface area contributed by atoms with Crippen molar-refractivity contribution in [3.05, 3.63) is 48.9 Å². The molecule has 1 aromatic rings. The number of benzene rings is 1. The van der Waals surface area contributed by atoms with Gasteiger partial charge in [-0.05, 0) is 18.6 Å². The predicted molar refractivity (Wildman–Crippen MR) is 51.8 cm³/mol. The first-order chi connectivity index (χ1) is 6.20. The van der Waals surface area contributed by atoms with Crippen LogP contribution in [-0.4, -0.2) is 17.0 Å². The van der Waals surface area contributed by atoms with Crippen LogP contribution in [0, 0.1) is 6.92 Å². The fourth-order valence-electron chi connectivity index (χ4n) is 0.854. The van der Waals surface area contributed by atoms with Crippen molar-refractivity contribution < 1.29 is 9.90 Å². The van der Waals surface area contributed by atoms with Crippen molar-refractivity contribution in [3.63, 3.8) is 0 Å². The molecular formula is C11H11O2. The maximum absolute atomic E-state index is 10.9. The highest BCUT2D eigenvalue weighted by Crippen LogP contribution is 2.01. The van der Waals surface area contributed by atoms with Crippen molar-refractivity contribution >= 4 is 11.9 Å². The highest BCUT2D eigenvalue weighted by atomic mass is 16.3. The number of aliphatic hydroxyl groups is 1. The minimum atomic E-state index is -1.17. The second kappa shape index (κ2) is 4.58. The van der Waals surface area contributed by atoms with E-state index in [9.17, 15) is 4.79 Å². The number of hydrogen-bond donors (Lipinski definition) is 1. The van der Waals surface area contributed by atoms with Gasteiger partial charge in [0.1, 0.15) is 6.10 Å². The third kappa shape index (κ3) is 3.22. The number of carbonyl (C=O) groups excluding carboxylic acids is 1. The lowest BCUT2D eigenvalue weighted by Gasteiger charge is -1.95. The summed E-state index contributed by atoms with van der Waals surface area (Å²) in [5.74, 6) is -0.385. The topological polar surface area (TPSA) is 37.3 Å². The fraction of sp³-hybridized carbons (Fsp3) is 0.0909. The van der Waals surface area contributed by atoms with Gasteiger partial charge in [-0.1, -0.05) is 36.4 Å². The van der Waals surface area contributed by atoms with Crippen LogP contribution < -0.4 is 0 Å². The molecule has 1 aromatic carbocycles. The molecule has 0 heterocycles. The lowest BCUT2D eigenvalue weighted by atomic mass is 10.1. The molecule has 1 radical (unpaired) electrons. The molecule has 0 aliphatic heterocycles. The van der Waals surface area contributed by atoms with Crippen molar-refractivity contribution in [2.45, 2.75) is 6.10 Å². The third-order valence-corrected chi connectivity index (χ3v) is 1.57. The molecule has 0 saturated heterocycles. The van der Waals surface area contributed by atoms with Gasteiger partial charge in [0.05, 0.1) is 0 Å². The SMILES string of the molecule is [CH2]C(O)C(=O)/C=C/c1ccccc1. The number of aliphatic hydroxyl groups excluding tert-OH is 1. The van der Waals surface area contributed by atoms with Crippen LogP contribution in [0.1, 0.15) is 5.56 Å². The van der Waals surface area contributed by atoms with Crippen LogP contribution in [0.3, 0.4) is 0 Å². The summed E-state index contributed by atoms with van der Waals surface area (Å²) >= 11 is 0. The standard InChI is InChI=1S/C11H11O2/c1-9(12)11(13)8-7-10-5-3-2-4-6-10/h2-9,12H,1H2/b8-7+. The molecule has 2 heteroatoms. The molecule has 1 unspecified atom stereocenters. The Morgan fingerprint density at radius 1 is 1.38 bits per heavy atom. The van der Waals surface area contributed by atoms with E-state index in [1.807, 2.05) is 30.3 Å². The first kappa shape index (κ1) is 9.68. The Morgan fingerprint density at radius 3 is 2.54 bits per heavy atom. The molecule has 0 aliphatic carbocycles. The van der Waals surface area contributed by atoms with Gasteiger partial charge < -0.3 is 5.11 Å². The molecule has 0 aliphatic rings. The quantitative estimate of drug-likeness (QED) is 0.706. The Balaban J connectivity index is 2.64. The van der Waals surface area contributed by atoms with Crippen LogP contribution in [0.2, 0.25) is 0 Å².